The standard InChI is InChI=1S/C15H19F2N3O4/c1-3-20(9-14(22)19-15(23)24-4-2)8-13(21)18-12-6-5-10(16)7-11(12)17/h5-7H,3-4,8-9H2,1-2H3,(H,18,21)(H,19,22,23)/p+1. The Hall–Kier alpha value is -2.55. The van der Waals surface area contributed by atoms with Crippen LogP contribution < -0.4 is 15.5 Å². The third-order valence-corrected chi connectivity index (χ3v) is 3.04. The Labute approximate surface area is 138 Å². The van der Waals surface area contributed by atoms with E-state index in [1.807, 2.05) is 5.32 Å². The third-order valence-electron chi connectivity index (χ3n) is 3.04. The molecule has 0 radical (unpaired) electrons. The molecule has 0 fully saturated rings. The first-order valence-corrected chi connectivity index (χ1v) is 7.40. The van der Waals surface area contributed by atoms with Gasteiger partial charge in [-0.3, -0.25) is 14.9 Å². The summed E-state index contributed by atoms with van der Waals surface area (Å²) in [7, 11) is 0. The molecule has 0 aliphatic carbocycles. The van der Waals surface area contributed by atoms with Crippen molar-refractivity contribution in [2.75, 3.05) is 31.6 Å². The number of quaternary nitrogens is 1. The SMILES string of the molecule is CCOC(=O)NC(=O)C[NH+](CC)CC(=O)Nc1ccc(F)cc1F. The molecule has 0 aliphatic rings. The van der Waals surface area contributed by atoms with Crippen LogP contribution in [0.1, 0.15) is 13.8 Å². The summed E-state index contributed by atoms with van der Waals surface area (Å²) in [6.45, 7) is 3.66. The van der Waals surface area contributed by atoms with E-state index in [0.717, 1.165) is 12.1 Å². The lowest BCUT2D eigenvalue weighted by atomic mass is 10.3. The second-order valence-corrected chi connectivity index (χ2v) is 4.90. The zero-order valence-electron chi connectivity index (χ0n) is 13.4. The number of alkyl carbamates (subject to hydrolysis) is 1. The fraction of sp³-hybridized carbons (Fsp3) is 0.400. The molecule has 0 heterocycles. The van der Waals surface area contributed by atoms with Gasteiger partial charge in [0.15, 0.2) is 13.1 Å². The molecular weight excluding hydrogens is 324 g/mol. The molecule has 0 bridgehead atoms. The predicted octanol–water partition coefficient (Wildman–Crippen LogP) is 0.0808. The lowest BCUT2D eigenvalue weighted by molar-refractivity contribution is -0.881. The first-order valence-electron chi connectivity index (χ1n) is 7.40. The van der Waals surface area contributed by atoms with E-state index in [-0.39, 0.29) is 25.4 Å². The minimum absolute atomic E-state index is 0.121. The van der Waals surface area contributed by atoms with Crippen molar-refractivity contribution in [2.45, 2.75) is 13.8 Å². The van der Waals surface area contributed by atoms with Gasteiger partial charge in [-0.1, -0.05) is 0 Å². The summed E-state index contributed by atoms with van der Waals surface area (Å²) >= 11 is 0. The molecule has 0 spiro atoms. The van der Waals surface area contributed by atoms with Crippen LogP contribution in [0.4, 0.5) is 19.3 Å². The molecule has 1 atom stereocenters. The largest absolute Gasteiger partial charge is 0.450 e. The fourth-order valence-corrected chi connectivity index (χ4v) is 1.88. The Morgan fingerprint density at radius 2 is 1.79 bits per heavy atom. The number of hydrogen-bond donors (Lipinski definition) is 3. The van der Waals surface area contributed by atoms with Gasteiger partial charge in [-0.2, -0.15) is 0 Å². The normalized spacial score (nSPS) is 11.5. The van der Waals surface area contributed by atoms with Gasteiger partial charge in [0, 0.05) is 6.07 Å². The summed E-state index contributed by atoms with van der Waals surface area (Å²) in [6, 6.07) is 2.80. The Bertz CT molecular complexity index is 610. The highest BCUT2D eigenvalue weighted by atomic mass is 19.1. The van der Waals surface area contributed by atoms with E-state index < -0.39 is 29.5 Å². The van der Waals surface area contributed by atoms with Crippen LogP contribution in [0, 0.1) is 11.6 Å². The Kier molecular flexibility index (Phi) is 7.76. The van der Waals surface area contributed by atoms with Crippen molar-refractivity contribution in [3.05, 3.63) is 29.8 Å². The lowest BCUT2D eigenvalue weighted by Crippen LogP contribution is -3.14. The number of amides is 3. The molecule has 3 amide bonds. The van der Waals surface area contributed by atoms with Crippen molar-refractivity contribution in [3.8, 4) is 0 Å². The second kappa shape index (κ2) is 9.56. The van der Waals surface area contributed by atoms with E-state index in [0.29, 0.717) is 17.5 Å². The number of nitrogens with one attached hydrogen (secondary N) is 3. The van der Waals surface area contributed by atoms with Gasteiger partial charge in [-0.05, 0) is 26.0 Å². The molecule has 24 heavy (non-hydrogen) atoms. The van der Waals surface area contributed by atoms with Gasteiger partial charge in [-0.25, -0.2) is 13.6 Å². The molecule has 3 N–H and O–H groups in total. The molecular formula is C15H20F2N3O4+. The van der Waals surface area contributed by atoms with Crippen molar-refractivity contribution in [1.82, 2.24) is 5.32 Å². The van der Waals surface area contributed by atoms with E-state index in [2.05, 4.69) is 10.1 Å². The maximum Gasteiger partial charge on any atom is 0.414 e. The highest BCUT2D eigenvalue weighted by Gasteiger charge is 2.19. The summed E-state index contributed by atoms with van der Waals surface area (Å²) < 4.78 is 30.9. The van der Waals surface area contributed by atoms with Crippen molar-refractivity contribution in [1.29, 1.82) is 0 Å². The summed E-state index contributed by atoms with van der Waals surface area (Å²) in [4.78, 5) is 35.3. The molecule has 1 unspecified atom stereocenters. The molecule has 7 nitrogen and oxygen atoms in total. The van der Waals surface area contributed by atoms with Crippen LogP contribution in [0.3, 0.4) is 0 Å². The number of hydrogen-bond acceptors (Lipinski definition) is 4. The number of benzene rings is 1. The molecule has 0 aromatic heterocycles. The first kappa shape index (κ1) is 19.5. The van der Waals surface area contributed by atoms with Crippen LogP contribution in [0.15, 0.2) is 18.2 Å². The summed E-state index contributed by atoms with van der Waals surface area (Å²) in [6.07, 6.45) is -0.851. The van der Waals surface area contributed by atoms with Crippen molar-refractivity contribution < 1.29 is 32.8 Å². The molecule has 1 rings (SSSR count). The zero-order chi connectivity index (χ0) is 18.1. The van der Waals surface area contributed by atoms with E-state index in [1.165, 1.54) is 0 Å². The monoisotopic (exact) mass is 344 g/mol. The first-order chi connectivity index (χ1) is 11.3. The minimum atomic E-state index is -0.888. The quantitative estimate of drug-likeness (QED) is 0.654. The number of carbonyl (C=O) groups excluding carboxylic acids is 3. The van der Waals surface area contributed by atoms with Gasteiger partial charge in [0.25, 0.3) is 11.8 Å². The van der Waals surface area contributed by atoms with E-state index in [1.54, 1.807) is 13.8 Å². The van der Waals surface area contributed by atoms with Gasteiger partial charge in [0.1, 0.15) is 11.6 Å². The average Bonchev–Trinajstić information content (AvgIpc) is 2.49. The number of anilines is 1. The van der Waals surface area contributed by atoms with Gasteiger partial charge in [0.05, 0.1) is 18.8 Å². The van der Waals surface area contributed by atoms with E-state index in [9.17, 15) is 23.2 Å². The Morgan fingerprint density at radius 1 is 1.12 bits per heavy atom. The van der Waals surface area contributed by atoms with Crippen molar-refractivity contribution >= 4 is 23.6 Å². The number of ether oxygens (including phenoxy) is 1. The number of imide groups is 1. The fourth-order valence-electron chi connectivity index (χ4n) is 1.88. The zero-order valence-corrected chi connectivity index (χ0v) is 13.4. The van der Waals surface area contributed by atoms with Gasteiger partial charge in [0.2, 0.25) is 0 Å². The number of rotatable bonds is 7. The molecule has 0 saturated heterocycles. The van der Waals surface area contributed by atoms with Gasteiger partial charge >= 0.3 is 6.09 Å². The van der Waals surface area contributed by atoms with Crippen LogP contribution >= 0.6 is 0 Å². The van der Waals surface area contributed by atoms with E-state index in [4.69, 9.17) is 0 Å². The Balaban J connectivity index is 2.53. The molecule has 9 heteroatoms. The highest BCUT2D eigenvalue weighted by Crippen LogP contribution is 2.14. The average molecular weight is 344 g/mol. The lowest BCUT2D eigenvalue weighted by Gasteiger charge is -2.16. The summed E-state index contributed by atoms with van der Waals surface area (Å²) in [5, 5.41) is 4.34. The summed E-state index contributed by atoms with van der Waals surface area (Å²) in [5.74, 6) is -2.77. The van der Waals surface area contributed by atoms with Gasteiger partial charge in [-0.15, -0.1) is 0 Å². The maximum absolute atomic E-state index is 13.5. The number of carbonyl (C=O) groups is 3. The topological polar surface area (TPSA) is 88.9 Å². The predicted molar refractivity (Wildman–Crippen MR) is 81.4 cm³/mol. The molecule has 1 aromatic rings. The molecule has 0 saturated carbocycles. The van der Waals surface area contributed by atoms with Crippen LogP contribution in [0.2, 0.25) is 0 Å². The van der Waals surface area contributed by atoms with Crippen molar-refractivity contribution in [2.24, 2.45) is 0 Å². The van der Waals surface area contributed by atoms with Gasteiger partial charge < -0.3 is 15.0 Å². The molecule has 132 valence electrons. The third kappa shape index (κ3) is 6.69. The Morgan fingerprint density at radius 3 is 2.38 bits per heavy atom. The summed E-state index contributed by atoms with van der Waals surface area (Å²) in [5.41, 5.74) is -0.146. The maximum atomic E-state index is 13.5. The van der Waals surface area contributed by atoms with E-state index >= 15 is 0 Å². The van der Waals surface area contributed by atoms with Crippen molar-refractivity contribution in [3.63, 3.8) is 0 Å². The molecule has 1 aromatic carbocycles. The van der Waals surface area contributed by atoms with Crippen LogP contribution in [0.5, 0.6) is 0 Å². The second-order valence-electron chi connectivity index (χ2n) is 4.90. The minimum Gasteiger partial charge on any atom is -0.450 e. The van der Waals surface area contributed by atoms with Crippen LogP contribution in [-0.4, -0.2) is 44.1 Å². The smallest absolute Gasteiger partial charge is 0.414 e. The molecule has 0 aliphatic heterocycles. The number of likely N-dealkylation sites (N-methyl/N-ethyl adjacent to an activating group) is 1. The van der Waals surface area contributed by atoms with Crippen LogP contribution in [0.25, 0.3) is 0 Å². The number of halogens is 2. The van der Waals surface area contributed by atoms with Crippen LogP contribution in [-0.2, 0) is 14.3 Å². The highest BCUT2D eigenvalue weighted by molar-refractivity contribution is 5.93.